The van der Waals surface area contributed by atoms with Gasteiger partial charge in [-0.1, -0.05) is 28.3 Å². The van der Waals surface area contributed by atoms with Gasteiger partial charge in [0, 0.05) is 0 Å². The minimum atomic E-state index is 0. The molecule has 0 aliphatic rings. The van der Waals surface area contributed by atoms with E-state index in [-0.39, 0.29) is 35.5 Å². The van der Waals surface area contributed by atoms with Crippen LogP contribution in [0.25, 0.3) is 0 Å². The van der Waals surface area contributed by atoms with E-state index < -0.39 is 0 Å². The van der Waals surface area contributed by atoms with Crippen molar-refractivity contribution in [3.05, 3.63) is 23.2 Å². The first-order valence-electron chi connectivity index (χ1n) is 1.74. The molecule has 1 aromatic rings. The van der Waals surface area contributed by atoms with Crippen LogP contribution in [0.1, 0.15) is 0 Å². The second-order valence-electron chi connectivity index (χ2n) is 0.955. The summed E-state index contributed by atoms with van der Waals surface area (Å²) in [6, 6.07) is 1.64. The fourth-order valence-corrected chi connectivity index (χ4v) is 0.472. The van der Waals surface area contributed by atoms with Gasteiger partial charge in [0.25, 0.3) is 0 Å². The molecule has 0 aromatic carbocycles. The van der Waals surface area contributed by atoms with Gasteiger partial charge in [-0.25, -0.2) is 0 Å². The van der Waals surface area contributed by atoms with Crippen molar-refractivity contribution in [3.8, 4) is 0 Å². The van der Waals surface area contributed by atoms with Crippen LogP contribution in [0.3, 0.4) is 0 Å². The fraction of sp³-hybridized carbons (Fsp3) is 0. The zero-order valence-electron chi connectivity index (χ0n) is 4.51. The third kappa shape index (κ3) is 5.08. The van der Waals surface area contributed by atoms with Crippen LogP contribution in [0.5, 0.6) is 0 Å². The van der Waals surface area contributed by atoms with Gasteiger partial charge in [-0.15, -0.1) is 6.07 Å². The summed E-state index contributed by atoms with van der Waals surface area (Å²) in [6.45, 7) is 0. The van der Waals surface area contributed by atoms with Gasteiger partial charge in [0.1, 0.15) is 0 Å². The molecule has 0 saturated carbocycles. The fourth-order valence-electron chi connectivity index (χ4n) is 0.252. The maximum absolute atomic E-state index is 3.75. The third-order valence-electron chi connectivity index (χ3n) is 0.487. The molecule has 0 N–H and O–H groups in total. The van der Waals surface area contributed by atoms with Gasteiger partial charge in [-0.3, -0.25) is 0 Å². The molecule has 0 radical (unpaired) electrons. The molecule has 0 bridgehead atoms. The molecule has 0 saturated heterocycles. The van der Waals surface area contributed by atoms with Crippen LogP contribution >= 0.6 is 15.9 Å². The van der Waals surface area contributed by atoms with Crippen LogP contribution < -0.4 is 12.4 Å². The summed E-state index contributed by atoms with van der Waals surface area (Å²) in [4.78, 5) is 7.41. The van der Waals surface area contributed by atoms with Gasteiger partial charge < -0.3 is 22.4 Å². The average molecular weight is 218 g/mol. The molecule has 9 heavy (non-hydrogen) atoms. The van der Waals surface area contributed by atoms with E-state index in [1.54, 1.807) is 12.3 Å². The van der Waals surface area contributed by atoms with Crippen molar-refractivity contribution < 1.29 is 12.4 Å². The van der Waals surface area contributed by atoms with Crippen molar-refractivity contribution in [2.75, 3.05) is 0 Å². The van der Waals surface area contributed by atoms with Crippen molar-refractivity contribution in [2.24, 2.45) is 0 Å². The predicted molar refractivity (Wildman–Crippen MR) is 34.3 cm³/mol. The largest absolute Gasteiger partial charge is 2.00 e. The van der Waals surface area contributed by atoms with E-state index in [1.165, 1.54) is 0 Å². The Balaban J connectivity index is 0. The summed E-state index contributed by atoms with van der Waals surface area (Å²) in [5.41, 5.74) is 0. The smallest absolute Gasteiger partial charge is 1.00 e. The van der Waals surface area contributed by atoms with E-state index in [0.717, 1.165) is 0 Å². The van der Waals surface area contributed by atoms with Crippen LogP contribution in [0.15, 0.2) is 17.0 Å². The Kier molecular flexibility index (Phi) is 9.21. The molecule has 5 heteroatoms. The number of hydrogen-bond donors (Lipinski definition) is 0. The molecule has 0 spiro atoms. The first-order chi connectivity index (χ1) is 3.39. The Labute approximate surface area is 84.2 Å². The average Bonchev–Trinajstić information content (AvgIpc) is 1.69. The van der Waals surface area contributed by atoms with Crippen LogP contribution in [-0.4, -0.2) is 33.0 Å². The molecule has 1 aromatic heterocycles. The minimum absolute atomic E-state index is 0. The van der Waals surface area contributed by atoms with E-state index >= 15 is 0 Å². The molecule has 44 valence electrons. The number of hydrogen-bond acceptors (Lipinski definition) is 2. The van der Waals surface area contributed by atoms with E-state index in [2.05, 4.69) is 32.1 Å². The Morgan fingerprint density at radius 2 is 2.22 bits per heavy atom. The van der Waals surface area contributed by atoms with Crippen molar-refractivity contribution in [1.29, 1.82) is 0 Å². The predicted octanol–water partition coefficient (Wildman–Crippen LogP) is -2.34. The summed E-state index contributed by atoms with van der Waals surface area (Å²) in [5, 5.41) is 0. The second-order valence-corrected chi connectivity index (χ2v) is 1.66. The van der Waals surface area contributed by atoms with Crippen LogP contribution in [0, 0.1) is 6.20 Å². The van der Waals surface area contributed by atoms with Crippen molar-refractivity contribution >= 4 is 39.0 Å². The number of rotatable bonds is 0. The quantitative estimate of drug-likeness (QED) is 0.277. The molecule has 0 atom stereocenters. The summed E-state index contributed by atoms with van der Waals surface area (Å²) < 4.78 is 0.579. The summed E-state index contributed by atoms with van der Waals surface area (Å²) in [5.74, 6) is 0. The SMILES string of the molecule is Brc1n[c-]ccn1.[Cl-].[Mg+2]. The Bertz CT molecular complexity index is 148. The monoisotopic (exact) mass is 216 g/mol. The van der Waals surface area contributed by atoms with Crippen LogP contribution in [0.2, 0.25) is 0 Å². The molecule has 2 nitrogen and oxygen atoms in total. The number of aromatic nitrogens is 2. The van der Waals surface area contributed by atoms with E-state index in [9.17, 15) is 0 Å². The Morgan fingerprint density at radius 1 is 1.56 bits per heavy atom. The van der Waals surface area contributed by atoms with Crippen molar-refractivity contribution in [3.63, 3.8) is 0 Å². The normalized spacial score (nSPS) is 6.78. The standard InChI is InChI=1S/C4H2BrN2.ClH.Mg/c5-4-6-2-1-3-7-4;;/h1-2H;1H;/q-1;;+2/p-1. The first kappa shape index (κ1) is 12.3. The molecular formula is C4H2BrClMgN2. The Hall–Kier alpha value is 0.616. The molecule has 1 heterocycles. The van der Waals surface area contributed by atoms with Crippen molar-refractivity contribution in [2.45, 2.75) is 0 Å². The maximum atomic E-state index is 3.75. The number of nitrogens with zero attached hydrogens (tertiary/aromatic N) is 2. The summed E-state index contributed by atoms with van der Waals surface area (Å²) in [7, 11) is 0. The van der Waals surface area contributed by atoms with Gasteiger partial charge >= 0.3 is 23.1 Å². The second kappa shape index (κ2) is 6.73. The van der Waals surface area contributed by atoms with Gasteiger partial charge in [-0.05, 0) is 0 Å². The Morgan fingerprint density at radius 3 is 2.44 bits per heavy atom. The van der Waals surface area contributed by atoms with Gasteiger partial charge in [-0.2, -0.15) is 0 Å². The maximum Gasteiger partial charge on any atom is 2.00 e. The molecule has 0 aliphatic carbocycles. The third-order valence-corrected chi connectivity index (χ3v) is 0.869. The van der Waals surface area contributed by atoms with Crippen LogP contribution in [0.4, 0.5) is 0 Å². The van der Waals surface area contributed by atoms with Crippen molar-refractivity contribution in [1.82, 2.24) is 9.97 Å². The van der Waals surface area contributed by atoms with Gasteiger partial charge in [0.2, 0.25) is 0 Å². The van der Waals surface area contributed by atoms with E-state index in [4.69, 9.17) is 0 Å². The number of halogens is 2. The van der Waals surface area contributed by atoms with Gasteiger partial charge in [0.15, 0.2) is 0 Å². The van der Waals surface area contributed by atoms with Gasteiger partial charge in [0.05, 0.1) is 4.73 Å². The zero-order chi connectivity index (χ0) is 5.11. The van der Waals surface area contributed by atoms with E-state index in [0.29, 0.717) is 4.73 Å². The minimum Gasteiger partial charge on any atom is -1.00 e. The summed E-state index contributed by atoms with van der Waals surface area (Å²) in [6.07, 6.45) is 4.22. The zero-order valence-corrected chi connectivity index (χ0v) is 8.27. The molecular weight excluding hydrogens is 216 g/mol. The molecule has 0 unspecified atom stereocenters. The molecule has 0 aliphatic heterocycles. The van der Waals surface area contributed by atoms with Crippen LogP contribution in [-0.2, 0) is 0 Å². The molecule has 0 amide bonds. The summed E-state index contributed by atoms with van der Waals surface area (Å²) >= 11 is 3.06. The molecule has 0 fully saturated rings. The first-order valence-corrected chi connectivity index (χ1v) is 2.53. The van der Waals surface area contributed by atoms with E-state index in [1.807, 2.05) is 0 Å². The molecule has 1 rings (SSSR count). The topological polar surface area (TPSA) is 25.8 Å².